The molecule has 1 heterocycles. The number of aryl methyl sites for hydroxylation is 1. The molecule has 1 amide bonds. The summed E-state index contributed by atoms with van der Waals surface area (Å²) in [6.45, 7) is 3.85. The van der Waals surface area contributed by atoms with E-state index in [0.29, 0.717) is 34.5 Å². The third-order valence-electron chi connectivity index (χ3n) is 4.34. The SMILES string of the molecule is CC(=O)NCCc1nnc(SCC(=O)c2ccc(I)cc2)n1-c1ccc(C)c(Cl)c1. The molecule has 9 heteroatoms. The first kappa shape index (κ1) is 22.8. The van der Waals surface area contributed by atoms with Gasteiger partial charge >= 0.3 is 0 Å². The molecule has 0 spiro atoms. The van der Waals surface area contributed by atoms with E-state index >= 15 is 0 Å². The summed E-state index contributed by atoms with van der Waals surface area (Å²) in [6, 6.07) is 13.2. The Kier molecular flexibility index (Phi) is 7.90. The lowest BCUT2D eigenvalue weighted by Gasteiger charge is -2.12. The number of hydrogen-bond donors (Lipinski definition) is 1. The summed E-state index contributed by atoms with van der Waals surface area (Å²) in [7, 11) is 0. The highest BCUT2D eigenvalue weighted by atomic mass is 127. The van der Waals surface area contributed by atoms with Crippen LogP contribution in [-0.2, 0) is 11.2 Å². The second-order valence-electron chi connectivity index (χ2n) is 6.62. The summed E-state index contributed by atoms with van der Waals surface area (Å²) in [4.78, 5) is 23.8. The van der Waals surface area contributed by atoms with E-state index in [1.165, 1.54) is 18.7 Å². The average molecular weight is 555 g/mol. The Morgan fingerprint density at radius 1 is 1.17 bits per heavy atom. The largest absolute Gasteiger partial charge is 0.356 e. The van der Waals surface area contributed by atoms with Crippen molar-refractivity contribution in [2.24, 2.45) is 0 Å². The molecule has 6 nitrogen and oxygen atoms in total. The van der Waals surface area contributed by atoms with Crippen LogP contribution >= 0.6 is 46.0 Å². The van der Waals surface area contributed by atoms with Crippen molar-refractivity contribution < 1.29 is 9.59 Å². The van der Waals surface area contributed by atoms with Crippen LogP contribution in [0.1, 0.15) is 28.7 Å². The van der Waals surface area contributed by atoms with Crippen LogP contribution in [-0.4, -0.2) is 38.8 Å². The minimum Gasteiger partial charge on any atom is -0.356 e. The fourth-order valence-electron chi connectivity index (χ4n) is 2.74. The van der Waals surface area contributed by atoms with Crippen molar-refractivity contribution in [1.82, 2.24) is 20.1 Å². The molecule has 30 heavy (non-hydrogen) atoms. The molecular weight excluding hydrogens is 535 g/mol. The number of nitrogens with zero attached hydrogens (tertiary/aromatic N) is 3. The Labute approximate surface area is 197 Å². The van der Waals surface area contributed by atoms with Gasteiger partial charge in [-0.25, -0.2) is 0 Å². The summed E-state index contributed by atoms with van der Waals surface area (Å²) >= 11 is 9.86. The van der Waals surface area contributed by atoms with Gasteiger partial charge in [0.05, 0.1) is 11.4 Å². The lowest BCUT2D eigenvalue weighted by molar-refractivity contribution is -0.118. The summed E-state index contributed by atoms with van der Waals surface area (Å²) < 4.78 is 2.97. The minimum absolute atomic E-state index is 0.0210. The van der Waals surface area contributed by atoms with Crippen molar-refractivity contribution in [3.63, 3.8) is 0 Å². The summed E-state index contributed by atoms with van der Waals surface area (Å²) in [5, 5.41) is 12.6. The fourth-order valence-corrected chi connectivity index (χ4v) is 4.14. The summed E-state index contributed by atoms with van der Waals surface area (Å²) in [5.41, 5.74) is 2.45. The number of amides is 1. The number of carbonyl (C=O) groups is 2. The molecule has 0 radical (unpaired) electrons. The van der Waals surface area contributed by atoms with Gasteiger partial charge in [0.1, 0.15) is 5.82 Å². The van der Waals surface area contributed by atoms with E-state index in [2.05, 4.69) is 38.1 Å². The second kappa shape index (κ2) is 10.4. The molecule has 0 atom stereocenters. The van der Waals surface area contributed by atoms with Crippen molar-refractivity contribution in [2.45, 2.75) is 25.4 Å². The number of carbonyl (C=O) groups excluding carboxylic acids is 2. The maximum atomic E-state index is 12.6. The fraction of sp³-hybridized carbons (Fsp3) is 0.238. The molecule has 0 bridgehead atoms. The van der Waals surface area contributed by atoms with Crippen LogP contribution < -0.4 is 5.32 Å². The van der Waals surface area contributed by atoms with Crippen molar-refractivity contribution in [3.8, 4) is 5.69 Å². The van der Waals surface area contributed by atoms with Crippen molar-refractivity contribution >= 4 is 57.6 Å². The quantitative estimate of drug-likeness (QED) is 0.252. The normalized spacial score (nSPS) is 10.8. The molecule has 1 N–H and O–H groups in total. The Balaban J connectivity index is 1.84. The molecule has 0 fully saturated rings. The van der Waals surface area contributed by atoms with Crippen LogP contribution in [0.15, 0.2) is 47.6 Å². The highest BCUT2D eigenvalue weighted by Crippen LogP contribution is 2.26. The number of aromatic nitrogens is 3. The van der Waals surface area contributed by atoms with Gasteiger partial charge in [-0.3, -0.25) is 14.2 Å². The van der Waals surface area contributed by atoms with Crippen LogP contribution in [0.5, 0.6) is 0 Å². The van der Waals surface area contributed by atoms with E-state index in [1.807, 2.05) is 54.0 Å². The maximum Gasteiger partial charge on any atom is 0.216 e. The first-order valence-electron chi connectivity index (χ1n) is 9.22. The van der Waals surface area contributed by atoms with E-state index in [4.69, 9.17) is 11.6 Å². The molecule has 0 saturated heterocycles. The van der Waals surface area contributed by atoms with Crippen molar-refractivity contribution in [2.75, 3.05) is 12.3 Å². The minimum atomic E-state index is -0.0998. The smallest absolute Gasteiger partial charge is 0.216 e. The second-order valence-corrected chi connectivity index (χ2v) is 9.21. The van der Waals surface area contributed by atoms with Crippen LogP contribution in [0.25, 0.3) is 5.69 Å². The number of thioether (sulfide) groups is 1. The predicted molar refractivity (Wildman–Crippen MR) is 128 cm³/mol. The zero-order valence-corrected chi connectivity index (χ0v) is 20.2. The average Bonchev–Trinajstić information content (AvgIpc) is 3.11. The Bertz CT molecular complexity index is 1070. The Hall–Kier alpha value is -1.91. The highest BCUT2D eigenvalue weighted by molar-refractivity contribution is 14.1. The van der Waals surface area contributed by atoms with Crippen LogP contribution in [0.2, 0.25) is 5.02 Å². The van der Waals surface area contributed by atoms with Gasteiger partial charge in [0.15, 0.2) is 10.9 Å². The van der Waals surface area contributed by atoms with Crippen molar-refractivity contribution in [3.05, 3.63) is 68.0 Å². The molecule has 1 aromatic heterocycles. The molecule has 0 aliphatic carbocycles. The first-order valence-corrected chi connectivity index (χ1v) is 11.7. The van der Waals surface area contributed by atoms with Gasteiger partial charge in [-0.2, -0.15) is 0 Å². The molecule has 0 unspecified atom stereocenters. The van der Waals surface area contributed by atoms with E-state index in [1.54, 1.807) is 0 Å². The molecular formula is C21H20ClIN4O2S. The topological polar surface area (TPSA) is 76.9 Å². The van der Waals surface area contributed by atoms with Gasteiger partial charge in [0.2, 0.25) is 5.91 Å². The van der Waals surface area contributed by atoms with Gasteiger partial charge in [-0.1, -0.05) is 41.6 Å². The number of hydrogen-bond acceptors (Lipinski definition) is 5. The van der Waals surface area contributed by atoms with Gasteiger partial charge in [0, 0.05) is 34.0 Å². The monoisotopic (exact) mass is 554 g/mol. The maximum absolute atomic E-state index is 12.6. The number of ketones is 1. The predicted octanol–water partition coefficient (Wildman–Crippen LogP) is 4.49. The Morgan fingerprint density at radius 3 is 2.57 bits per heavy atom. The molecule has 3 aromatic rings. The van der Waals surface area contributed by atoms with Crippen molar-refractivity contribution in [1.29, 1.82) is 0 Å². The van der Waals surface area contributed by atoms with Crippen LogP contribution in [0.4, 0.5) is 0 Å². The van der Waals surface area contributed by atoms with Crippen LogP contribution in [0.3, 0.4) is 0 Å². The number of halogens is 2. The van der Waals surface area contributed by atoms with Gasteiger partial charge in [-0.05, 0) is 59.3 Å². The molecule has 0 aliphatic heterocycles. The van der Waals surface area contributed by atoms with E-state index in [0.717, 1.165) is 14.8 Å². The lowest BCUT2D eigenvalue weighted by Crippen LogP contribution is -2.23. The molecule has 0 aliphatic rings. The molecule has 0 saturated carbocycles. The third kappa shape index (κ3) is 5.83. The Morgan fingerprint density at radius 2 is 1.90 bits per heavy atom. The highest BCUT2D eigenvalue weighted by Gasteiger charge is 2.17. The zero-order valence-electron chi connectivity index (χ0n) is 16.5. The summed E-state index contributed by atoms with van der Waals surface area (Å²) in [6.07, 6.45) is 0.504. The van der Waals surface area contributed by atoms with Gasteiger partial charge in [0.25, 0.3) is 0 Å². The summed E-state index contributed by atoms with van der Waals surface area (Å²) in [5.74, 6) is 0.849. The number of benzene rings is 2. The first-order chi connectivity index (χ1) is 14.3. The van der Waals surface area contributed by atoms with Gasteiger partial charge < -0.3 is 5.32 Å². The zero-order chi connectivity index (χ0) is 21.7. The lowest BCUT2D eigenvalue weighted by atomic mass is 10.2. The molecule has 3 rings (SSSR count). The number of rotatable bonds is 8. The molecule has 156 valence electrons. The van der Waals surface area contributed by atoms with Crippen LogP contribution in [0, 0.1) is 10.5 Å². The standard InChI is InChI=1S/C21H20ClIN4O2S/c1-13-3-8-17(11-18(13)22)27-20(9-10-24-14(2)28)25-26-21(27)30-12-19(29)15-4-6-16(23)7-5-15/h3-8,11H,9-10,12H2,1-2H3,(H,24,28). The van der Waals surface area contributed by atoms with E-state index < -0.39 is 0 Å². The third-order valence-corrected chi connectivity index (χ3v) is 6.39. The van der Waals surface area contributed by atoms with Gasteiger partial charge in [-0.15, -0.1) is 10.2 Å². The van der Waals surface area contributed by atoms with E-state index in [-0.39, 0.29) is 17.4 Å². The molecule has 2 aromatic carbocycles. The van der Waals surface area contributed by atoms with E-state index in [9.17, 15) is 9.59 Å². The number of Topliss-reactive ketones (excluding diaryl/α,β-unsaturated/α-hetero) is 1. The number of nitrogens with one attached hydrogen (secondary N) is 1.